The van der Waals surface area contributed by atoms with Crippen molar-refractivity contribution in [2.24, 2.45) is 5.92 Å². The maximum atomic E-state index is 3.68. The normalized spacial score (nSPS) is 21.0. The van der Waals surface area contributed by atoms with Crippen molar-refractivity contribution < 1.29 is 0 Å². The summed E-state index contributed by atoms with van der Waals surface area (Å²) in [4.78, 5) is 2.71. The lowest BCUT2D eigenvalue weighted by Gasteiger charge is -2.34. The fraction of sp³-hybridized carbons (Fsp3) is 1.00. The van der Waals surface area contributed by atoms with Gasteiger partial charge in [-0.15, -0.1) is 0 Å². The molecule has 102 valence electrons. The van der Waals surface area contributed by atoms with Crippen LogP contribution in [0.4, 0.5) is 0 Å². The van der Waals surface area contributed by atoms with Crippen LogP contribution in [-0.2, 0) is 0 Å². The maximum Gasteiger partial charge on any atom is 0.0220 e. The summed E-state index contributed by atoms with van der Waals surface area (Å²) >= 11 is 0. The van der Waals surface area contributed by atoms with Crippen LogP contribution in [0.3, 0.4) is 0 Å². The summed E-state index contributed by atoms with van der Waals surface area (Å²) in [5.74, 6) is 0.783. The van der Waals surface area contributed by atoms with Crippen LogP contribution in [0, 0.1) is 5.92 Å². The fourth-order valence-corrected chi connectivity index (χ4v) is 3.05. The Morgan fingerprint density at radius 1 is 1.18 bits per heavy atom. The Labute approximate surface area is 108 Å². The Morgan fingerprint density at radius 2 is 1.82 bits per heavy atom. The zero-order valence-electron chi connectivity index (χ0n) is 12.3. The molecule has 0 radical (unpaired) electrons. The van der Waals surface area contributed by atoms with Crippen molar-refractivity contribution in [3.63, 3.8) is 0 Å². The number of nitrogens with one attached hydrogen (secondary N) is 1. The molecule has 0 aromatic carbocycles. The number of nitrogens with zero attached hydrogens (tertiary/aromatic N) is 1. The summed E-state index contributed by atoms with van der Waals surface area (Å²) in [5.41, 5.74) is 0. The van der Waals surface area contributed by atoms with Gasteiger partial charge in [0.2, 0.25) is 0 Å². The molecule has 2 heteroatoms. The largest absolute Gasteiger partial charge is 0.313 e. The third-order valence-corrected chi connectivity index (χ3v) is 4.48. The van der Waals surface area contributed by atoms with Gasteiger partial charge in [0.1, 0.15) is 0 Å². The van der Waals surface area contributed by atoms with Gasteiger partial charge >= 0.3 is 0 Å². The zero-order chi connectivity index (χ0) is 12.7. The lowest BCUT2D eigenvalue weighted by molar-refractivity contribution is 0.166. The monoisotopic (exact) mass is 240 g/mol. The third-order valence-electron chi connectivity index (χ3n) is 4.48. The molecule has 1 fully saturated rings. The number of likely N-dealkylation sites (N-methyl/N-ethyl adjacent to an activating group) is 2. The predicted molar refractivity (Wildman–Crippen MR) is 76.4 cm³/mol. The Kier molecular flexibility index (Phi) is 7.14. The van der Waals surface area contributed by atoms with Gasteiger partial charge in [0, 0.05) is 18.6 Å². The van der Waals surface area contributed by atoms with E-state index in [9.17, 15) is 0 Å². The maximum absolute atomic E-state index is 3.68. The van der Waals surface area contributed by atoms with Crippen LogP contribution in [0.25, 0.3) is 0 Å². The average Bonchev–Trinajstić information content (AvgIpc) is 2.87. The first kappa shape index (κ1) is 15.0. The van der Waals surface area contributed by atoms with Crippen LogP contribution in [0.5, 0.6) is 0 Å². The molecule has 0 aromatic rings. The van der Waals surface area contributed by atoms with Crippen molar-refractivity contribution >= 4 is 0 Å². The Morgan fingerprint density at radius 3 is 2.29 bits per heavy atom. The molecule has 0 aromatic heterocycles. The summed E-state index contributed by atoms with van der Waals surface area (Å²) in [6, 6.07) is 1.54. The fourth-order valence-electron chi connectivity index (χ4n) is 3.05. The minimum atomic E-state index is 0.672. The molecule has 1 rings (SSSR count). The quantitative estimate of drug-likeness (QED) is 0.700. The molecule has 1 saturated carbocycles. The molecule has 0 heterocycles. The molecule has 2 unspecified atom stereocenters. The van der Waals surface area contributed by atoms with Crippen molar-refractivity contribution in [1.29, 1.82) is 0 Å². The van der Waals surface area contributed by atoms with E-state index in [1.54, 1.807) is 0 Å². The van der Waals surface area contributed by atoms with E-state index < -0.39 is 0 Å². The van der Waals surface area contributed by atoms with E-state index in [1.807, 2.05) is 0 Å². The SMILES string of the molecule is CCNC(CN(CC)C1CCCC1)C(C)CC. The molecule has 1 N–H and O–H groups in total. The van der Waals surface area contributed by atoms with Crippen molar-refractivity contribution in [3.05, 3.63) is 0 Å². The van der Waals surface area contributed by atoms with Gasteiger partial charge in [0.05, 0.1) is 0 Å². The molecule has 17 heavy (non-hydrogen) atoms. The van der Waals surface area contributed by atoms with Gasteiger partial charge in [-0.1, -0.05) is 47.0 Å². The molecule has 0 aliphatic heterocycles. The van der Waals surface area contributed by atoms with Gasteiger partial charge < -0.3 is 5.32 Å². The summed E-state index contributed by atoms with van der Waals surface area (Å²) in [6.07, 6.45) is 7.01. The molecule has 0 amide bonds. The van der Waals surface area contributed by atoms with E-state index >= 15 is 0 Å². The summed E-state index contributed by atoms with van der Waals surface area (Å²) < 4.78 is 0. The predicted octanol–water partition coefficient (Wildman–Crippen LogP) is 3.28. The second-order valence-corrected chi connectivity index (χ2v) is 5.58. The van der Waals surface area contributed by atoms with Gasteiger partial charge in [0.15, 0.2) is 0 Å². The Hall–Kier alpha value is -0.0800. The Balaban J connectivity index is 2.49. The second-order valence-electron chi connectivity index (χ2n) is 5.58. The molecule has 2 nitrogen and oxygen atoms in total. The van der Waals surface area contributed by atoms with Crippen LogP contribution in [-0.4, -0.2) is 36.6 Å². The summed E-state index contributed by atoms with van der Waals surface area (Å²) in [7, 11) is 0. The van der Waals surface area contributed by atoms with Gasteiger partial charge in [-0.2, -0.15) is 0 Å². The van der Waals surface area contributed by atoms with Gasteiger partial charge in [-0.05, 0) is 31.8 Å². The summed E-state index contributed by atoms with van der Waals surface area (Å²) in [5, 5.41) is 3.68. The lowest BCUT2D eigenvalue weighted by atomic mass is 9.98. The first-order chi connectivity index (χ1) is 8.22. The minimum absolute atomic E-state index is 0.672. The highest BCUT2D eigenvalue weighted by molar-refractivity contribution is 4.82. The van der Waals surface area contributed by atoms with Gasteiger partial charge in [0.25, 0.3) is 0 Å². The van der Waals surface area contributed by atoms with Crippen LogP contribution in [0.15, 0.2) is 0 Å². The highest BCUT2D eigenvalue weighted by Gasteiger charge is 2.25. The van der Waals surface area contributed by atoms with Crippen LogP contribution in [0.1, 0.15) is 59.8 Å². The van der Waals surface area contributed by atoms with Crippen LogP contribution < -0.4 is 5.32 Å². The first-order valence-electron chi connectivity index (χ1n) is 7.70. The third kappa shape index (κ3) is 4.59. The number of hydrogen-bond acceptors (Lipinski definition) is 2. The minimum Gasteiger partial charge on any atom is -0.313 e. The molecule has 0 bridgehead atoms. The van der Waals surface area contributed by atoms with E-state index in [0.717, 1.165) is 18.5 Å². The molecule has 2 atom stereocenters. The van der Waals surface area contributed by atoms with Crippen LogP contribution >= 0.6 is 0 Å². The number of rotatable bonds is 8. The standard InChI is InChI=1S/C15H32N2/c1-5-13(4)15(16-6-2)12-17(7-3)14-10-8-9-11-14/h13-16H,5-12H2,1-4H3. The molecule has 0 spiro atoms. The summed E-state index contributed by atoms with van der Waals surface area (Å²) in [6.45, 7) is 12.8. The Bertz CT molecular complexity index is 187. The zero-order valence-corrected chi connectivity index (χ0v) is 12.3. The van der Waals surface area contributed by atoms with Crippen molar-refractivity contribution in [2.45, 2.75) is 71.9 Å². The molecule has 0 saturated heterocycles. The average molecular weight is 240 g/mol. The van der Waals surface area contributed by atoms with Crippen LogP contribution in [0.2, 0.25) is 0 Å². The molecular weight excluding hydrogens is 208 g/mol. The highest BCUT2D eigenvalue weighted by atomic mass is 15.2. The lowest BCUT2D eigenvalue weighted by Crippen LogP contribution is -2.47. The van der Waals surface area contributed by atoms with Crippen molar-refractivity contribution in [3.8, 4) is 0 Å². The van der Waals surface area contributed by atoms with Gasteiger partial charge in [-0.25, -0.2) is 0 Å². The van der Waals surface area contributed by atoms with E-state index in [-0.39, 0.29) is 0 Å². The first-order valence-corrected chi connectivity index (χ1v) is 7.70. The topological polar surface area (TPSA) is 15.3 Å². The van der Waals surface area contributed by atoms with Gasteiger partial charge in [-0.3, -0.25) is 4.90 Å². The highest BCUT2D eigenvalue weighted by Crippen LogP contribution is 2.24. The van der Waals surface area contributed by atoms with E-state index in [2.05, 4.69) is 37.9 Å². The second kappa shape index (κ2) is 8.10. The van der Waals surface area contributed by atoms with E-state index in [4.69, 9.17) is 0 Å². The number of hydrogen-bond donors (Lipinski definition) is 1. The van der Waals surface area contributed by atoms with E-state index in [1.165, 1.54) is 45.2 Å². The smallest absolute Gasteiger partial charge is 0.0220 e. The van der Waals surface area contributed by atoms with Crippen molar-refractivity contribution in [1.82, 2.24) is 10.2 Å². The van der Waals surface area contributed by atoms with Crippen molar-refractivity contribution in [2.75, 3.05) is 19.6 Å². The molecular formula is C15H32N2. The molecule has 1 aliphatic rings. The van der Waals surface area contributed by atoms with E-state index in [0.29, 0.717) is 6.04 Å². The molecule has 1 aliphatic carbocycles.